The van der Waals surface area contributed by atoms with Crippen LogP contribution in [-0.4, -0.2) is 23.3 Å². The zero-order chi connectivity index (χ0) is 19.4. The summed E-state index contributed by atoms with van der Waals surface area (Å²) in [6.45, 7) is 6.72. The topological polar surface area (TPSA) is 46.5 Å². The number of benzene rings is 1. The summed E-state index contributed by atoms with van der Waals surface area (Å²) >= 11 is 0. The van der Waals surface area contributed by atoms with E-state index in [4.69, 9.17) is 4.74 Å². The molecule has 3 heteroatoms. The van der Waals surface area contributed by atoms with Gasteiger partial charge in [0.05, 0.1) is 11.7 Å². The van der Waals surface area contributed by atoms with Gasteiger partial charge in [0.1, 0.15) is 6.10 Å². The lowest BCUT2D eigenvalue weighted by molar-refractivity contribution is -0.0474. The molecule has 1 N–H and O–H groups in total. The van der Waals surface area contributed by atoms with Crippen molar-refractivity contribution >= 4 is 5.97 Å². The molecule has 0 spiro atoms. The van der Waals surface area contributed by atoms with E-state index in [1.807, 2.05) is 37.3 Å². The van der Waals surface area contributed by atoms with Gasteiger partial charge in [0.15, 0.2) is 0 Å². The molecule has 0 radical (unpaired) electrons. The average molecular weight is 373 g/mol. The molecule has 6 atom stereocenters. The zero-order valence-corrected chi connectivity index (χ0v) is 17.2. The van der Waals surface area contributed by atoms with Gasteiger partial charge in [-0.15, -0.1) is 0 Å². The molecule has 2 fully saturated rings. The van der Waals surface area contributed by atoms with E-state index in [1.165, 1.54) is 25.7 Å². The summed E-state index contributed by atoms with van der Waals surface area (Å²) < 4.78 is 6.03. The Morgan fingerprint density at radius 1 is 1.19 bits per heavy atom. The highest BCUT2D eigenvalue weighted by molar-refractivity contribution is 5.89. The van der Waals surface area contributed by atoms with Crippen LogP contribution in [-0.2, 0) is 4.74 Å². The Hall–Kier alpha value is -1.35. The fourth-order valence-electron chi connectivity index (χ4n) is 5.95. The summed E-state index contributed by atoms with van der Waals surface area (Å²) in [5.74, 6) is 1.69. The minimum absolute atomic E-state index is 0.0612. The van der Waals surface area contributed by atoms with Crippen molar-refractivity contribution in [3.8, 4) is 0 Å². The fraction of sp³-hybridized carbons (Fsp3) is 0.708. The molecule has 1 aromatic carbocycles. The molecule has 27 heavy (non-hydrogen) atoms. The predicted molar refractivity (Wildman–Crippen MR) is 109 cm³/mol. The Morgan fingerprint density at radius 2 is 1.93 bits per heavy atom. The van der Waals surface area contributed by atoms with Crippen molar-refractivity contribution in [2.75, 3.05) is 0 Å². The van der Waals surface area contributed by atoms with Gasteiger partial charge in [0, 0.05) is 5.92 Å². The summed E-state index contributed by atoms with van der Waals surface area (Å²) in [6.07, 6.45) is 8.88. The molecule has 0 aliphatic heterocycles. The number of hydrogen-bond acceptors (Lipinski definition) is 3. The number of aliphatic hydroxyl groups is 1. The van der Waals surface area contributed by atoms with Crippen LogP contribution in [0.4, 0.5) is 0 Å². The number of carbonyl (C=O) groups excluding carboxylic acids is 1. The van der Waals surface area contributed by atoms with Crippen molar-refractivity contribution in [1.82, 2.24) is 0 Å². The van der Waals surface area contributed by atoms with Crippen LogP contribution in [0.3, 0.4) is 0 Å². The Balaban J connectivity index is 1.64. The number of hydrogen-bond donors (Lipinski definition) is 1. The second-order valence-electron chi connectivity index (χ2n) is 9.26. The Kier molecular flexibility index (Phi) is 6.62. The summed E-state index contributed by atoms with van der Waals surface area (Å²) in [6, 6.07) is 9.39. The number of esters is 1. The number of ether oxygens (including phenoxy) is 1. The lowest BCUT2D eigenvalue weighted by Crippen LogP contribution is -2.43. The van der Waals surface area contributed by atoms with E-state index in [2.05, 4.69) is 13.8 Å². The predicted octanol–water partition coefficient (Wildman–Crippen LogP) is 5.62. The van der Waals surface area contributed by atoms with Gasteiger partial charge >= 0.3 is 5.97 Å². The zero-order valence-electron chi connectivity index (χ0n) is 17.2. The van der Waals surface area contributed by atoms with Crippen molar-refractivity contribution in [3.63, 3.8) is 0 Å². The minimum Gasteiger partial charge on any atom is -0.458 e. The highest BCUT2D eigenvalue weighted by Crippen LogP contribution is 2.58. The second-order valence-corrected chi connectivity index (χ2v) is 9.26. The molecule has 2 saturated carbocycles. The Labute approximate surface area is 164 Å². The van der Waals surface area contributed by atoms with Crippen LogP contribution in [0, 0.1) is 23.2 Å². The SMILES string of the molecule is C[C@H](O)CCC[C@@H](C)[C@H]1CC[C@H]2C(OC(=O)c3ccccc3)CCC[C@]12C. The third-order valence-electron chi connectivity index (χ3n) is 7.37. The van der Waals surface area contributed by atoms with E-state index in [0.717, 1.165) is 25.7 Å². The Bertz CT molecular complexity index is 611. The standard InChI is InChI=1S/C24H36O3/c1-17(9-7-10-18(2)25)20-14-15-21-22(13-8-16-24(20,21)3)27-23(26)19-11-5-4-6-12-19/h4-6,11-12,17-18,20-22,25H,7-10,13-16H2,1-3H3/t17-,18+,20-,21+,22?,24-/m1/s1. The highest BCUT2D eigenvalue weighted by Gasteiger charge is 2.53. The quantitative estimate of drug-likeness (QED) is 0.632. The highest BCUT2D eigenvalue weighted by atomic mass is 16.5. The summed E-state index contributed by atoms with van der Waals surface area (Å²) in [4.78, 5) is 12.6. The van der Waals surface area contributed by atoms with Gasteiger partial charge in [-0.1, -0.05) is 44.9 Å². The van der Waals surface area contributed by atoms with E-state index in [9.17, 15) is 9.90 Å². The summed E-state index contributed by atoms with van der Waals surface area (Å²) in [5.41, 5.74) is 0.940. The van der Waals surface area contributed by atoms with E-state index in [0.29, 0.717) is 23.3 Å². The molecule has 0 heterocycles. The van der Waals surface area contributed by atoms with Crippen LogP contribution in [0.2, 0.25) is 0 Å². The van der Waals surface area contributed by atoms with Crippen molar-refractivity contribution < 1.29 is 14.6 Å². The summed E-state index contributed by atoms with van der Waals surface area (Å²) in [5, 5.41) is 9.53. The molecular weight excluding hydrogens is 336 g/mol. The van der Waals surface area contributed by atoms with Crippen LogP contribution in [0.5, 0.6) is 0 Å². The molecule has 2 aliphatic rings. The second kappa shape index (κ2) is 8.77. The van der Waals surface area contributed by atoms with Gasteiger partial charge in [-0.05, 0) is 74.8 Å². The molecule has 3 rings (SSSR count). The number of fused-ring (bicyclic) bond motifs is 1. The minimum atomic E-state index is -0.194. The lowest BCUT2D eigenvalue weighted by atomic mass is 9.61. The van der Waals surface area contributed by atoms with Crippen molar-refractivity contribution in [2.24, 2.45) is 23.2 Å². The first-order valence-electron chi connectivity index (χ1n) is 10.9. The molecular formula is C24H36O3. The molecule has 3 nitrogen and oxygen atoms in total. The van der Waals surface area contributed by atoms with E-state index in [1.54, 1.807) is 0 Å². The van der Waals surface area contributed by atoms with Crippen molar-refractivity contribution in [2.45, 2.75) is 84.3 Å². The van der Waals surface area contributed by atoms with E-state index in [-0.39, 0.29) is 23.6 Å². The molecule has 150 valence electrons. The number of aliphatic hydroxyl groups excluding tert-OH is 1. The first-order valence-corrected chi connectivity index (χ1v) is 10.9. The number of rotatable bonds is 7. The molecule has 0 bridgehead atoms. The van der Waals surface area contributed by atoms with Crippen LogP contribution in [0.1, 0.15) is 82.5 Å². The largest absolute Gasteiger partial charge is 0.458 e. The summed E-state index contributed by atoms with van der Waals surface area (Å²) in [7, 11) is 0. The molecule has 0 saturated heterocycles. The van der Waals surface area contributed by atoms with E-state index >= 15 is 0 Å². The van der Waals surface area contributed by atoms with Crippen LogP contribution < -0.4 is 0 Å². The van der Waals surface area contributed by atoms with Gasteiger partial charge in [-0.25, -0.2) is 4.79 Å². The molecule has 0 amide bonds. The molecule has 1 aromatic rings. The molecule has 0 aromatic heterocycles. The maximum absolute atomic E-state index is 12.6. The third kappa shape index (κ3) is 4.56. The van der Waals surface area contributed by atoms with Crippen molar-refractivity contribution in [1.29, 1.82) is 0 Å². The van der Waals surface area contributed by atoms with Gasteiger partial charge in [-0.3, -0.25) is 0 Å². The first kappa shape index (κ1) is 20.4. The number of carbonyl (C=O) groups is 1. The van der Waals surface area contributed by atoms with Gasteiger partial charge in [0.2, 0.25) is 0 Å². The first-order chi connectivity index (χ1) is 12.9. The maximum Gasteiger partial charge on any atom is 0.338 e. The lowest BCUT2D eigenvalue weighted by Gasteiger charge is -2.46. The monoisotopic (exact) mass is 372 g/mol. The smallest absolute Gasteiger partial charge is 0.338 e. The van der Waals surface area contributed by atoms with Crippen LogP contribution >= 0.6 is 0 Å². The van der Waals surface area contributed by atoms with Gasteiger partial charge in [0.25, 0.3) is 0 Å². The fourth-order valence-corrected chi connectivity index (χ4v) is 5.95. The van der Waals surface area contributed by atoms with Crippen LogP contribution in [0.25, 0.3) is 0 Å². The van der Waals surface area contributed by atoms with Crippen LogP contribution in [0.15, 0.2) is 30.3 Å². The third-order valence-corrected chi connectivity index (χ3v) is 7.37. The molecule has 1 unspecified atom stereocenters. The van der Waals surface area contributed by atoms with Gasteiger partial charge < -0.3 is 9.84 Å². The average Bonchev–Trinajstić information content (AvgIpc) is 3.00. The molecule has 2 aliphatic carbocycles. The van der Waals surface area contributed by atoms with Gasteiger partial charge in [-0.2, -0.15) is 0 Å². The maximum atomic E-state index is 12.6. The van der Waals surface area contributed by atoms with Crippen molar-refractivity contribution in [3.05, 3.63) is 35.9 Å². The van der Waals surface area contributed by atoms with E-state index < -0.39 is 0 Å². The normalized spacial score (nSPS) is 32.5. The Morgan fingerprint density at radius 3 is 2.63 bits per heavy atom.